The standard InChI is InChI=1S/C20H18N2O5/c1-26-18(23)10-11-21-19(24)13-6-8-15(9-7-13)22-20(25)17-12-14-4-2-3-5-16(14)27-17/h2-9,12H,10-11H2,1H3,(H,21,24)(H,22,25). The lowest BCUT2D eigenvalue weighted by Gasteiger charge is -2.06. The SMILES string of the molecule is COC(=O)CCNC(=O)c1ccc(NC(=O)c2cc3ccccc3o2)cc1. The van der Waals surface area contributed by atoms with Crippen LogP contribution in [0.1, 0.15) is 27.3 Å². The molecule has 0 saturated carbocycles. The Bertz CT molecular complexity index is 942. The van der Waals surface area contributed by atoms with Gasteiger partial charge in [-0.1, -0.05) is 18.2 Å². The number of methoxy groups -OCH3 is 1. The van der Waals surface area contributed by atoms with Crippen LogP contribution in [0, 0.1) is 0 Å². The van der Waals surface area contributed by atoms with E-state index in [0.717, 1.165) is 5.39 Å². The minimum absolute atomic E-state index is 0.105. The van der Waals surface area contributed by atoms with Crippen molar-refractivity contribution < 1.29 is 23.5 Å². The molecule has 0 aliphatic carbocycles. The van der Waals surface area contributed by atoms with Crippen LogP contribution in [-0.2, 0) is 9.53 Å². The lowest BCUT2D eigenvalue weighted by Crippen LogP contribution is -2.26. The number of fused-ring (bicyclic) bond motifs is 1. The first-order valence-corrected chi connectivity index (χ1v) is 8.32. The molecule has 0 bridgehead atoms. The van der Waals surface area contributed by atoms with Crippen LogP contribution in [-0.4, -0.2) is 31.4 Å². The first kappa shape index (κ1) is 18.2. The van der Waals surface area contributed by atoms with Gasteiger partial charge in [0, 0.05) is 23.2 Å². The number of ether oxygens (including phenoxy) is 1. The molecular weight excluding hydrogens is 348 g/mol. The van der Waals surface area contributed by atoms with Gasteiger partial charge < -0.3 is 19.8 Å². The zero-order valence-electron chi connectivity index (χ0n) is 14.7. The average molecular weight is 366 g/mol. The van der Waals surface area contributed by atoms with Crippen LogP contribution in [0.4, 0.5) is 5.69 Å². The minimum atomic E-state index is -0.390. The maximum atomic E-state index is 12.3. The number of esters is 1. The van der Waals surface area contributed by atoms with E-state index < -0.39 is 0 Å². The van der Waals surface area contributed by atoms with E-state index in [2.05, 4.69) is 15.4 Å². The van der Waals surface area contributed by atoms with Crippen molar-refractivity contribution in [1.29, 1.82) is 0 Å². The van der Waals surface area contributed by atoms with E-state index in [1.807, 2.05) is 18.2 Å². The Labute approximate surface area is 155 Å². The van der Waals surface area contributed by atoms with Crippen LogP contribution in [0.15, 0.2) is 59.0 Å². The minimum Gasteiger partial charge on any atom is -0.469 e. The molecule has 0 aliphatic heterocycles. The quantitative estimate of drug-likeness (QED) is 0.654. The summed E-state index contributed by atoms with van der Waals surface area (Å²) in [5.74, 6) is -0.865. The second kappa shape index (κ2) is 8.18. The summed E-state index contributed by atoms with van der Waals surface area (Å²) < 4.78 is 10.0. The number of furan rings is 1. The van der Waals surface area contributed by atoms with Crippen molar-refractivity contribution in [3.05, 3.63) is 65.9 Å². The Balaban J connectivity index is 1.59. The third-order valence-corrected chi connectivity index (χ3v) is 3.90. The fraction of sp³-hybridized carbons (Fsp3) is 0.150. The smallest absolute Gasteiger partial charge is 0.307 e. The summed E-state index contributed by atoms with van der Waals surface area (Å²) in [5.41, 5.74) is 1.59. The molecule has 0 saturated heterocycles. The maximum absolute atomic E-state index is 12.3. The van der Waals surface area contributed by atoms with Crippen molar-refractivity contribution in [2.75, 3.05) is 19.0 Å². The number of carbonyl (C=O) groups excluding carboxylic acids is 3. The molecular formula is C20H18N2O5. The van der Waals surface area contributed by atoms with E-state index >= 15 is 0 Å². The number of hydrogen-bond donors (Lipinski definition) is 2. The second-order valence-electron chi connectivity index (χ2n) is 5.76. The van der Waals surface area contributed by atoms with Gasteiger partial charge in [-0.25, -0.2) is 0 Å². The lowest BCUT2D eigenvalue weighted by molar-refractivity contribution is -0.140. The summed E-state index contributed by atoms with van der Waals surface area (Å²) in [6.45, 7) is 0.191. The van der Waals surface area contributed by atoms with Crippen molar-refractivity contribution >= 4 is 34.4 Å². The Kier molecular flexibility index (Phi) is 5.51. The highest BCUT2D eigenvalue weighted by atomic mass is 16.5. The second-order valence-corrected chi connectivity index (χ2v) is 5.76. The highest BCUT2D eigenvalue weighted by molar-refractivity contribution is 6.05. The van der Waals surface area contributed by atoms with E-state index in [1.165, 1.54) is 7.11 Å². The van der Waals surface area contributed by atoms with Crippen LogP contribution in [0.2, 0.25) is 0 Å². The molecule has 2 amide bonds. The molecule has 7 heteroatoms. The Hall–Kier alpha value is -3.61. The fourth-order valence-electron chi connectivity index (χ4n) is 2.47. The van der Waals surface area contributed by atoms with Crippen molar-refractivity contribution in [2.24, 2.45) is 0 Å². The summed E-state index contributed by atoms with van der Waals surface area (Å²) in [6.07, 6.45) is 0.105. The van der Waals surface area contributed by atoms with Crippen molar-refractivity contribution in [2.45, 2.75) is 6.42 Å². The molecule has 7 nitrogen and oxygen atoms in total. The summed E-state index contributed by atoms with van der Waals surface area (Å²) >= 11 is 0. The van der Waals surface area contributed by atoms with E-state index in [1.54, 1.807) is 36.4 Å². The molecule has 2 N–H and O–H groups in total. The topological polar surface area (TPSA) is 97.6 Å². The molecule has 1 heterocycles. The molecule has 3 rings (SSSR count). The number of nitrogens with one attached hydrogen (secondary N) is 2. The van der Waals surface area contributed by atoms with E-state index in [9.17, 15) is 14.4 Å². The summed E-state index contributed by atoms with van der Waals surface area (Å²) in [6, 6.07) is 15.4. The molecule has 0 fully saturated rings. The van der Waals surface area contributed by atoms with Gasteiger partial charge >= 0.3 is 5.97 Å². The van der Waals surface area contributed by atoms with Crippen molar-refractivity contribution in [1.82, 2.24) is 5.32 Å². The van der Waals surface area contributed by atoms with E-state index in [0.29, 0.717) is 16.8 Å². The molecule has 0 atom stereocenters. The van der Waals surface area contributed by atoms with Crippen LogP contribution in [0.3, 0.4) is 0 Å². The Morgan fingerprint density at radius 1 is 1.00 bits per heavy atom. The van der Waals surface area contributed by atoms with Crippen LogP contribution in [0.25, 0.3) is 11.0 Å². The van der Waals surface area contributed by atoms with Crippen LogP contribution < -0.4 is 10.6 Å². The Morgan fingerprint density at radius 3 is 2.44 bits per heavy atom. The van der Waals surface area contributed by atoms with E-state index in [-0.39, 0.29) is 36.5 Å². The van der Waals surface area contributed by atoms with Gasteiger partial charge in [-0.3, -0.25) is 14.4 Å². The predicted octanol–water partition coefficient (Wildman–Crippen LogP) is 2.98. The number of hydrogen-bond acceptors (Lipinski definition) is 5. The molecule has 0 spiro atoms. The molecule has 1 aromatic heterocycles. The number of anilines is 1. The largest absolute Gasteiger partial charge is 0.469 e. The van der Waals surface area contributed by atoms with Crippen molar-refractivity contribution in [3.8, 4) is 0 Å². The van der Waals surface area contributed by atoms with Gasteiger partial charge in [-0.05, 0) is 36.4 Å². The number of benzene rings is 2. The van der Waals surface area contributed by atoms with Gasteiger partial charge in [0.1, 0.15) is 5.58 Å². The van der Waals surface area contributed by atoms with Gasteiger partial charge in [-0.2, -0.15) is 0 Å². The highest BCUT2D eigenvalue weighted by Crippen LogP contribution is 2.20. The van der Waals surface area contributed by atoms with Crippen LogP contribution >= 0.6 is 0 Å². The molecule has 0 aliphatic rings. The molecule has 27 heavy (non-hydrogen) atoms. The zero-order chi connectivity index (χ0) is 19.2. The third-order valence-electron chi connectivity index (χ3n) is 3.90. The number of para-hydroxylation sites is 1. The number of carbonyl (C=O) groups is 3. The first-order valence-electron chi connectivity index (χ1n) is 8.32. The molecule has 0 unspecified atom stereocenters. The number of rotatable bonds is 6. The monoisotopic (exact) mass is 366 g/mol. The van der Waals surface area contributed by atoms with Gasteiger partial charge in [0.2, 0.25) is 0 Å². The first-order chi connectivity index (χ1) is 13.1. The Morgan fingerprint density at radius 2 is 1.74 bits per heavy atom. The third kappa shape index (κ3) is 4.52. The van der Waals surface area contributed by atoms with Gasteiger partial charge in [0.15, 0.2) is 5.76 Å². The van der Waals surface area contributed by atoms with Gasteiger partial charge in [0.25, 0.3) is 11.8 Å². The van der Waals surface area contributed by atoms with Crippen molar-refractivity contribution in [3.63, 3.8) is 0 Å². The summed E-state index contributed by atoms with van der Waals surface area (Å²) in [4.78, 5) is 35.3. The average Bonchev–Trinajstić information content (AvgIpc) is 3.12. The molecule has 138 valence electrons. The van der Waals surface area contributed by atoms with Crippen LogP contribution in [0.5, 0.6) is 0 Å². The van der Waals surface area contributed by atoms with E-state index in [4.69, 9.17) is 4.42 Å². The fourth-order valence-corrected chi connectivity index (χ4v) is 2.47. The predicted molar refractivity (Wildman–Crippen MR) is 99.6 cm³/mol. The van der Waals surface area contributed by atoms with Gasteiger partial charge in [-0.15, -0.1) is 0 Å². The lowest BCUT2D eigenvalue weighted by atomic mass is 10.2. The number of amides is 2. The summed E-state index contributed by atoms with van der Waals surface area (Å²) in [7, 11) is 1.29. The highest BCUT2D eigenvalue weighted by Gasteiger charge is 2.13. The normalized spacial score (nSPS) is 10.4. The summed E-state index contributed by atoms with van der Waals surface area (Å²) in [5, 5.41) is 6.20. The zero-order valence-corrected chi connectivity index (χ0v) is 14.7. The molecule has 0 radical (unpaired) electrons. The molecule has 2 aromatic carbocycles. The maximum Gasteiger partial charge on any atom is 0.307 e. The molecule has 3 aromatic rings. The van der Waals surface area contributed by atoms with Gasteiger partial charge in [0.05, 0.1) is 13.5 Å².